The first-order valence-electron chi connectivity index (χ1n) is 10.8. The first kappa shape index (κ1) is 23.9. The van der Waals surface area contributed by atoms with Crippen molar-refractivity contribution in [3.63, 3.8) is 0 Å². The number of anilines is 1. The van der Waals surface area contributed by atoms with E-state index in [2.05, 4.69) is 10.3 Å². The van der Waals surface area contributed by atoms with Crippen molar-refractivity contribution < 1.29 is 19.2 Å². The van der Waals surface area contributed by atoms with Crippen LogP contribution >= 0.6 is 34.7 Å². The second-order valence-corrected chi connectivity index (χ2v) is 10.9. The number of aromatic nitrogens is 1. The van der Waals surface area contributed by atoms with Crippen molar-refractivity contribution in [2.24, 2.45) is 5.73 Å². The van der Waals surface area contributed by atoms with Crippen molar-refractivity contribution in [1.29, 1.82) is 0 Å². The Labute approximate surface area is 214 Å². The van der Waals surface area contributed by atoms with E-state index in [4.69, 9.17) is 26.8 Å². The van der Waals surface area contributed by atoms with E-state index < -0.39 is 16.5 Å². The number of ether oxygens (including phenoxy) is 2. The van der Waals surface area contributed by atoms with Crippen molar-refractivity contribution in [3.8, 4) is 11.5 Å². The molecule has 1 aliphatic heterocycles. The number of carbonyl (C=O) groups is 1. The van der Waals surface area contributed by atoms with Crippen LogP contribution in [0.5, 0.6) is 11.5 Å². The summed E-state index contributed by atoms with van der Waals surface area (Å²) in [5.41, 5.74) is 6.70. The molecule has 12 heteroatoms. The number of thioether (sulfide) groups is 1. The molecule has 1 aromatic heterocycles. The number of nitrogens with one attached hydrogen (secondary N) is 1. The van der Waals surface area contributed by atoms with Crippen LogP contribution in [0, 0.1) is 10.1 Å². The van der Waals surface area contributed by atoms with E-state index in [-0.39, 0.29) is 23.7 Å². The number of benzene rings is 2. The second-order valence-electron chi connectivity index (χ2n) is 8.26. The zero-order valence-electron chi connectivity index (χ0n) is 18.3. The molecule has 2 heterocycles. The molecule has 9 nitrogen and oxygen atoms in total. The van der Waals surface area contributed by atoms with Crippen molar-refractivity contribution in [3.05, 3.63) is 79.8 Å². The van der Waals surface area contributed by atoms with Crippen LogP contribution < -0.4 is 20.5 Å². The summed E-state index contributed by atoms with van der Waals surface area (Å²) < 4.78 is 10.8. The van der Waals surface area contributed by atoms with Gasteiger partial charge < -0.3 is 14.8 Å². The van der Waals surface area contributed by atoms with Crippen LogP contribution in [0.4, 0.5) is 5.13 Å². The highest BCUT2D eigenvalue weighted by Gasteiger charge is 2.52. The third-order valence-corrected chi connectivity index (χ3v) is 8.85. The Balaban J connectivity index is 1.35. The zero-order valence-corrected chi connectivity index (χ0v) is 20.7. The molecule has 3 N–H and O–H groups in total. The smallest absolute Gasteiger partial charge is 0.272 e. The number of nitrogens with two attached hydrogens (primary N) is 1. The summed E-state index contributed by atoms with van der Waals surface area (Å²) in [7, 11) is 0. The van der Waals surface area contributed by atoms with E-state index in [0.29, 0.717) is 21.7 Å². The molecule has 0 radical (unpaired) electrons. The molecule has 0 saturated heterocycles. The van der Waals surface area contributed by atoms with Crippen LogP contribution in [0.3, 0.4) is 0 Å². The van der Waals surface area contributed by atoms with Crippen molar-refractivity contribution in [2.75, 3.05) is 17.9 Å². The average Bonchev–Trinajstić information content (AvgIpc) is 3.31. The minimum absolute atomic E-state index is 0.0930. The SMILES string of the molecule is NC(CSC(c1cnc(NC(=O)C2(c3ccc4c(c3)OCO4)CC2)s1)c1ccccc1Cl)[N+](=O)[O-]. The van der Waals surface area contributed by atoms with Gasteiger partial charge in [-0.15, -0.1) is 23.1 Å². The largest absolute Gasteiger partial charge is 0.454 e. The Bertz CT molecular complexity index is 1280. The summed E-state index contributed by atoms with van der Waals surface area (Å²) in [6.07, 6.45) is 1.92. The number of nitrogens with zero attached hydrogens (tertiary/aromatic N) is 2. The van der Waals surface area contributed by atoms with Gasteiger partial charge in [-0.3, -0.25) is 20.6 Å². The van der Waals surface area contributed by atoms with Crippen LogP contribution in [0.2, 0.25) is 5.02 Å². The van der Waals surface area contributed by atoms with E-state index in [9.17, 15) is 14.9 Å². The Hall–Kier alpha value is -2.86. The lowest BCUT2D eigenvalue weighted by molar-refractivity contribution is -0.515. The van der Waals surface area contributed by atoms with Gasteiger partial charge in [-0.1, -0.05) is 35.9 Å². The topological polar surface area (TPSA) is 130 Å². The van der Waals surface area contributed by atoms with Gasteiger partial charge in [-0.25, -0.2) is 4.98 Å². The van der Waals surface area contributed by atoms with Gasteiger partial charge in [-0.05, 0) is 42.2 Å². The summed E-state index contributed by atoms with van der Waals surface area (Å²) in [4.78, 5) is 29.0. The number of thiazole rings is 1. The maximum atomic E-state index is 13.3. The Morgan fingerprint density at radius 3 is 2.80 bits per heavy atom. The number of rotatable bonds is 9. The van der Waals surface area contributed by atoms with Gasteiger partial charge in [0.1, 0.15) is 0 Å². The van der Waals surface area contributed by atoms with Gasteiger partial charge >= 0.3 is 0 Å². The predicted molar refractivity (Wildman–Crippen MR) is 135 cm³/mol. The molecule has 3 aromatic rings. The number of fused-ring (bicyclic) bond motifs is 1. The monoisotopic (exact) mass is 532 g/mol. The number of carbonyl (C=O) groups excluding carboxylic acids is 1. The molecule has 1 amide bonds. The van der Waals surface area contributed by atoms with Crippen LogP contribution in [0.15, 0.2) is 48.7 Å². The van der Waals surface area contributed by atoms with E-state index in [0.717, 1.165) is 28.8 Å². The molecule has 1 fully saturated rings. The quantitative estimate of drug-likeness (QED) is 0.233. The number of amides is 1. The summed E-state index contributed by atoms with van der Waals surface area (Å²) >= 11 is 9.06. The molecule has 0 bridgehead atoms. The lowest BCUT2D eigenvalue weighted by Gasteiger charge is -2.17. The highest BCUT2D eigenvalue weighted by molar-refractivity contribution is 7.99. The molecular formula is C23H21ClN4O5S2. The molecule has 2 aromatic carbocycles. The third kappa shape index (κ3) is 4.81. The predicted octanol–water partition coefficient (Wildman–Crippen LogP) is 4.58. The molecule has 5 rings (SSSR count). The summed E-state index contributed by atoms with van der Waals surface area (Å²) in [5.74, 6) is 1.28. The maximum absolute atomic E-state index is 13.3. The van der Waals surface area contributed by atoms with E-state index >= 15 is 0 Å². The number of hydrogen-bond acceptors (Lipinski definition) is 9. The van der Waals surface area contributed by atoms with Gasteiger partial charge in [0, 0.05) is 21.0 Å². The number of hydrogen-bond donors (Lipinski definition) is 2. The number of halogens is 1. The molecule has 2 atom stereocenters. The van der Waals surface area contributed by atoms with Gasteiger partial charge in [0.05, 0.1) is 16.4 Å². The first-order valence-corrected chi connectivity index (χ1v) is 13.0. The van der Waals surface area contributed by atoms with Gasteiger partial charge in [0.2, 0.25) is 12.7 Å². The fraction of sp³-hybridized carbons (Fsp3) is 0.304. The standard InChI is InChI=1S/C23H21ClN4O5S2/c24-15-4-2-1-3-14(15)20(34-11-19(25)28(30)31)18-10-26-22(35-18)27-21(29)23(7-8-23)13-5-6-16-17(9-13)33-12-32-16/h1-6,9-10,19-20H,7-8,11-12,25H2,(H,26,27,29). The van der Waals surface area contributed by atoms with Crippen LogP contribution in [-0.2, 0) is 10.2 Å². The lowest BCUT2D eigenvalue weighted by atomic mass is 9.94. The first-order chi connectivity index (χ1) is 16.9. The molecular weight excluding hydrogens is 512 g/mol. The Morgan fingerprint density at radius 1 is 1.29 bits per heavy atom. The maximum Gasteiger partial charge on any atom is 0.272 e. The molecule has 1 saturated carbocycles. The van der Waals surface area contributed by atoms with Gasteiger partial charge in [0.25, 0.3) is 6.17 Å². The van der Waals surface area contributed by atoms with Crippen molar-refractivity contribution >= 4 is 45.7 Å². The third-order valence-electron chi connectivity index (χ3n) is 6.00. The lowest BCUT2D eigenvalue weighted by Crippen LogP contribution is -2.32. The van der Waals surface area contributed by atoms with E-state index in [1.165, 1.54) is 23.1 Å². The van der Waals surface area contributed by atoms with Crippen molar-refractivity contribution in [1.82, 2.24) is 4.98 Å². The molecule has 2 aliphatic rings. The molecule has 1 aliphatic carbocycles. The van der Waals surface area contributed by atoms with Crippen LogP contribution in [0.1, 0.15) is 34.1 Å². The fourth-order valence-corrected chi connectivity index (χ4v) is 6.51. The van der Waals surface area contributed by atoms with Crippen LogP contribution in [0.25, 0.3) is 0 Å². The normalized spacial score (nSPS) is 17.0. The highest BCUT2D eigenvalue weighted by Crippen LogP contribution is 2.51. The molecule has 182 valence electrons. The van der Waals surface area contributed by atoms with Crippen LogP contribution in [-0.4, -0.2) is 34.5 Å². The fourth-order valence-electron chi connectivity index (χ4n) is 3.92. The summed E-state index contributed by atoms with van der Waals surface area (Å²) in [6, 6.07) is 12.9. The van der Waals surface area contributed by atoms with Crippen molar-refractivity contribution in [2.45, 2.75) is 29.7 Å². The Kier molecular flexibility index (Phi) is 6.58. The molecule has 35 heavy (non-hydrogen) atoms. The van der Waals surface area contributed by atoms with E-state index in [1.807, 2.05) is 36.4 Å². The minimum atomic E-state index is -1.20. The highest BCUT2D eigenvalue weighted by atomic mass is 35.5. The zero-order chi connectivity index (χ0) is 24.6. The minimum Gasteiger partial charge on any atom is -0.454 e. The van der Waals surface area contributed by atoms with Gasteiger partial charge in [-0.2, -0.15) is 0 Å². The molecule has 0 spiro atoms. The Morgan fingerprint density at radius 2 is 2.06 bits per heavy atom. The summed E-state index contributed by atoms with van der Waals surface area (Å²) in [6.45, 7) is 0.178. The average molecular weight is 533 g/mol. The summed E-state index contributed by atoms with van der Waals surface area (Å²) in [5, 5.41) is 14.7. The number of nitro groups is 1. The van der Waals surface area contributed by atoms with Gasteiger partial charge in [0.15, 0.2) is 16.6 Å². The van der Waals surface area contributed by atoms with E-state index in [1.54, 1.807) is 12.3 Å². The second kappa shape index (κ2) is 9.65. The molecule has 2 unspecified atom stereocenters.